The SMILES string of the molecule is CC(C)c1ccccc1NC(=S)NC(=O)Nc1ccc(-c2ccn(-c3ccc(OC(F)(F)F)cc3)n2)cc1. The molecule has 3 aromatic carbocycles. The van der Waals surface area contributed by atoms with Crippen LogP contribution in [0.2, 0.25) is 0 Å². The average Bonchev–Trinajstić information content (AvgIpc) is 3.34. The molecular weight excluding hydrogens is 515 g/mol. The Kier molecular flexibility index (Phi) is 7.96. The number of hydrogen-bond acceptors (Lipinski definition) is 4. The fraction of sp³-hybridized carbons (Fsp3) is 0.148. The second-order valence-corrected chi connectivity index (χ2v) is 8.95. The van der Waals surface area contributed by atoms with Crippen LogP contribution < -0.4 is 20.7 Å². The topological polar surface area (TPSA) is 80.2 Å². The first-order valence-corrected chi connectivity index (χ1v) is 12.0. The number of carbonyl (C=O) groups is 1. The highest BCUT2D eigenvalue weighted by Gasteiger charge is 2.31. The van der Waals surface area contributed by atoms with Crippen molar-refractivity contribution in [3.63, 3.8) is 0 Å². The summed E-state index contributed by atoms with van der Waals surface area (Å²) in [6.07, 6.45) is -3.05. The molecule has 0 saturated heterocycles. The van der Waals surface area contributed by atoms with Crippen LogP contribution in [0.3, 0.4) is 0 Å². The molecular formula is C27H24F3N5O2S. The molecule has 0 saturated carbocycles. The number of ether oxygens (including phenoxy) is 1. The number of carbonyl (C=O) groups excluding carboxylic acids is 1. The van der Waals surface area contributed by atoms with Gasteiger partial charge in [-0.3, -0.25) is 5.32 Å². The second-order valence-electron chi connectivity index (χ2n) is 8.54. The minimum absolute atomic E-state index is 0.177. The van der Waals surface area contributed by atoms with Crippen LogP contribution in [0, 0.1) is 0 Å². The van der Waals surface area contributed by atoms with Gasteiger partial charge < -0.3 is 15.4 Å². The predicted octanol–water partition coefficient (Wildman–Crippen LogP) is 7.08. The summed E-state index contributed by atoms with van der Waals surface area (Å²) in [7, 11) is 0. The molecule has 3 N–H and O–H groups in total. The first-order chi connectivity index (χ1) is 18.1. The van der Waals surface area contributed by atoms with Crippen molar-refractivity contribution < 1.29 is 22.7 Å². The molecule has 11 heteroatoms. The molecule has 38 heavy (non-hydrogen) atoms. The van der Waals surface area contributed by atoms with E-state index in [4.69, 9.17) is 12.2 Å². The van der Waals surface area contributed by atoms with Gasteiger partial charge in [0.25, 0.3) is 0 Å². The summed E-state index contributed by atoms with van der Waals surface area (Å²) in [4.78, 5) is 12.4. The largest absolute Gasteiger partial charge is 0.573 e. The molecule has 0 unspecified atom stereocenters. The zero-order valence-electron chi connectivity index (χ0n) is 20.4. The summed E-state index contributed by atoms with van der Waals surface area (Å²) in [5, 5.41) is 13.1. The minimum atomic E-state index is -4.75. The fourth-order valence-corrected chi connectivity index (χ4v) is 3.88. The Bertz CT molecular complexity index is 1420. The minimum Gasteiger partial charge on any atom is -0.406 e. The first-order valence-electron chi connectivity index (χ1n) is 11.6. The molecule has 4 aromatic rings. The van der Waals surface area contributed by atoms with Crippen LogP contribution in [-0.4, -0.2) is 27.3 Å². The molecule has 0 atom stereocenters. The molecule has 2 amide bonds. The predicted molar refractivity (Wildman–Crippen MR) is 145 cm³/mol. The molecule has 0 aliphatic heterocycles. The van der Waals surface area contributed by atoms with Gasteiger partial charge in [0.15, 0.2) is 5.11 Å². The number of amides is 2. The van der Waals surface area contributed by atoms with Gasteiger partial charge in [-0.25, -0.2) is 9.48 Å². The number of benzene rings is 3. The molecule has 0 aliphatic rings. The monoisotopic (exact) mass is 539 g/mol. The maximum absolute atomic E-state index is 12.4. The van der Waals surface area contributed by atoms with Crippen molar-refractivity contribution in [1.82, 2.24) is 15.1 Å². The zero-order valence-corrected chi connectivity index (χ0v) is 21.2. The standard InChI is InChI=1S/C27H24F3N5O2S/c1-17(2)22-5-3-4-6-24(22)32-26(38)33-25(36)31-19-9-7-18(8-10-19)23-15-16-35(34-23)20-11-13-21(14-12-20)37-27(28,29)30/h3-17H,1-2H3,(H3,31,32,33,36,38). The number of alkyl halides is 3. The van der Waals surface area contributed by atoms with E-state index >= 15 is 0 Å². The number of nitrogens with zero attached hydrogens (tertiary/aromatic N) is 2. The van der Waals surface area contributed by atoms with Crippen molar-refractivity contribution in [2.45, 2.75) is 26.1 Å². The lowest BCUT2D eigenvalue weighted by molar-refractivity contribution is -0.274. The van der Waals surface area contributed by atoms with E-state index in [-0.39, 0.29) is 10.9 Å². The van der Waals surface area contributed by atoms with Gasteiger partial charge in [-0.15, -0.1) is 13.2 Å². The highest BCUT2D eigenvalue weighted by Crippen LogP contribution is 2.26. The first kappa shape index (κ1) is 26.7. The van der Waals surface area contributed by atoms with Crippen LogP contribution in [0.5, 0.6) is 5.75 Å². The van der Waals surface area contributed by atoms with E-state index in [0.29, 0.717) is 23.0 Å². The van der Waals surface area contributed by atoms with Gasteiger partial charge in [0.05, 0.1) is 11.4 Å². The summed E-state index contributed by atoms with van der Waals surface area (Å²) in [5.74, 6) is -0.0173. The number of nitrogens with one attached hydrogen (secondary N) is 3. The Hall–Kier alpha value is -4.38. The average molecular weight is 540 g/mol. The third kappa shape index (κ3) is 7.10. The molecule has 1 heterocycles. The Morgan fingerprint density at radius 1 is 0.947 bits per heavy atom. The number of anilines is 2. The highest BCUT2D eigenvalue weighted by atomic mass is 32.1. The van der Waals surface area contributed by atoms with Crippen molar-refractivity contribution in [2.75, 3.05) is 10.6 Å². The van der Waals surface area contributed by atoms with Crippen LogP contribution in [0.4, 0.5) is 29.3 Å². The highest BCUT2D eigenvalue weighted by molar-refractivity contribution is 7.80. The molecule has 196 valence electrons. The number of halogens is 3. The van der Waals surface area contributed by atoms with Gasteiger partial charge in [0, 0.05) is 23.1 Å². The van der Waals surface area contributed by atoms with E-state index in [1.807, 2.05) is 24.3 Å². The number of aromatic nitrogens is 2. The van der Waals surface area contributed by atoms with Gasteiger partial charge >= 0.3 is 12.4 Å². The van der Waals surface area contributed by atoms with E-state index in [1.165, 1.54) is 28.9 Å². The zero-order chi connectivity index (χ0) is 27.3. The normalized spacial score (nSPS) is 11.2. The molecule has 0 spiro atoms. The lowest BCUT2D eigenvalue weighted by atomic mass is 10.0. The van der Waals surface area contributed by atoms with E-state index in [2.05, 4.69) is 39.6 Å². The number of para-hydroxylation sites is 1. The van der Waals surface area contributed by atoms with Gasteiger partial charge in [-0.2, -0.15) is 5.10 Å². The van der Waals surface area contributed by atoms with Crippen LogP contribution in [0.25, 0.3) is 16.9 Å². The molecule has 0 radical (unpaired) electrons. The Labute approximate surface area is 222 Å². The third-order valence-electron chi connectivity index (χ3n) is 5.42. The van der Waals surface area contributed by atoms with Gasteiger partial charge in [0.2, 0.25) is 0 Å². The summed E-state index contributed by atoms with van der Waals surface area (Å²) >= 11 is 5.28. The van der Waals surface area contributed by atoms with Crippen LogP contribution in [0.1, 0.15) is 25.3 Å². The smallest absolute Gasteiger partial charge is 0.406 e. The fourth-order valence-electron chi connectivity index (χ4n) is 3.68. The molecule has 7 nitrogen and oxygen atoms in total. The van der Waals surface area contributed by atoms with Gasteiger partial charge in [-0.05, 0) is 72.2 Å². The van der Waals surface area contributed by atoms with Crippen molar-refractivity contribution in [3.05, 3.63) is 90.6 Å². The molecule has 0 bridgehead atoms. The number of thiocarbonyl (C=S) groups is 1. The lowest BCUT2D eigenvalue weighted by Crippen LogP contribution is -2.37. The third-order valence-corrected chi connectivity index (χ3v) is 5.62. The summed E-state index contributed by atoms with van der Waals surface area (Å²) in [6, 6.07) is 21.5. The van der Waals surface area contributed by atoms with E-state index in [0.717, 1.165) is 16.8 Å². The summed E-state index contributed by atoms with van der Waals surface area (Å²) in [5.41, 5.74) is 4.47. The van der Waals surface area contributed by atoms with E-state index in [1.54, 1.807) is 36.5 Å². The van der Waals surface area contributed by atoms with Crippen LogP contribution >= 0.6 is 12.2 Å². The Morgan fingerprint density at radius 2 is 1.63 bits per heavy atom. The number of hydrogen-bond donors (Lipinski definition) is 3. The summed E-state index contributed by atoms with van der Waals surface area (Å²) in [6.45, 7) is 4.15. The van der Waals surface area contributed by atoms with E-state index < -0.39 is 12.4 Å². The van der Waals surface area contributed by atoms with Crippen molar-refractivity contribution in [2.24, 2.45) is 0 Å². The second kappa shape index (κ2) is 11.3. The van der Waals surface area contributed by atoms with Crippen molar-refractivity contribution >= 4 is 34.7 Å². The molecule has 0 fully saturated rings. The Balaban J connectivity index is 1.34. The van der Waals surface area contributed by atoms with Crippen LogP contribution in [0.15, 0.2) is 85.1 Å². The maximum atomic E-state index is 12.4. The lowest BCUT2D eigenvalue weighted by Gasteiger charge is -2.15. The number of urea groups is 1. The maximum Gasteiger partial charge on any atom is 0.573 e. The number of rotatable bonds is 6. The molecule has 0 aliphatic carbocycles. The summed E-state index contributed by atoms with van der Waals surface area (Å²) < 4.78 is 42.5. The van der Waals surface area contributed by atoms with Crippen molar-refractivity contribution in [3.8, 4) is 22.7 Å². The van der Waals surface area contributed by atoms with Crippen molar-refractivity contribution in [1.29, 1.82) is 0 Å². The Morgan fingerprint density at radius 3 is 2.29 bits per heavy atom. The molecule has 4 rings (SSSR count). The molecule has 1 aromatic heterocycles. The quantitative estimate of drug-likeness (QED) is 0.228. The van der Waals surface area contributed by atoms with E-state index in [9.17, 15) is 18.0 Å². The van der Waals surface area contributed by atoms with Gasteiger partial charge in [0.1, 0.15) is 5.75 Å². The van der Waals surface area contributed by atoms with Gasteiger partial charge in [-0.1, -0.05) is 44.2 Å². The van der Waals surface area contributed by atoms with Crippen LogP contribution in [-0.2, 0) is 0 Å².